The van der Waals surface area contributed by atoms with Crippen LogP contribution in [0.15, 0.2) is 35.9 Å². The molecule has 2 amide bonds. The van der Waals surface area contributed by atoms with E-state index in [9.17, 15) is 9.59 Å². The lowest BCUT2D eigenvalue weighted by Crippen LogP contribution is -2.56. The third kappa shape index (κ3) is 4.63. The zero-order valence-corrected chi connectivity index (χ0v) is 12.3. The molecule has 1 aromatic rings. The number of amides is 2. The molecule has 0 aromatic heterocycles. The molecule has 1 aliphatic rings. The van der Waals surface area contributed by atoms with Gasteiger partial charge in [-0.25, -0.2) is 0 Å². The third-order valence-corrected chi connectivity index (χ3v) is 3.18. The second-order valence-corrected chi connectivity index (χ2v) is 5.28. The number of carbonyl (C=O) groups excluding carboxylic acids is 2. The van der Waals surface area contributed by atoms with Gasteiger partial charge in [0, 0.05) is 6.42 Å². The highest BCUT2D eigenvalue weighted by molar-refractivity contribution is 5.94. The predicted octanol–water partition coefficient (Wildman–Crippen LogP) is 1.19. The molecular formula is C16H20N2O3. The van der Waals surface area contributed by atoms with E-state index in [0.29, 0.717) is 13.0 Å². The minimum atomic E-state index is -0.497. The van der Waals surface area contributed by atoms with Crippen LogP contribution in [-0.2, 0) is 16.0 Å². The third-order valence-electron chi connectivity index (χ3n) is 3.18. The van der Waals surface area contributed by atoms with E-state index < -0.39 is 6.04 Å². The topological polar surface area (TPSA) is 67.4 Å². The Kier molecular flexibility index (Phi) is 4.98. The summed E-state index contributed by atoms with van der Waals surface area (Å²) >= 11 is 0. The quantitative estimate of drug-likeness (QED) is 0.800. The highest BCUT2D eigenvalue weighted by Gasteiger charge is 2.25. The van der Waals surface area contributed by atoms with E-state index in [1.807, 2.05) is 44.2 Å². The van der Waals surface area contributed by atoms with Gasteiger partial charge in [-0.05, 0) is 37.6 Å². The van der Waals surface area contributed by atoms with Crippen molar-refractivity contribution in [3.05, 3.63) is 41.5 Å². The Labute approximate surface area is 124 Å². The van der Waals surface area contributed by atoms with Crippen molar-refractivity contribution in [2.45, 2.75) is 26.3 Å². The lowest BCUT2D eigenvalue weighted by Gasteiger charge is -2.23. The van der Waals surface area contributed by atoms with Crippen LogP contribution in [0.4, 0.5) is 0 Å². The molecule has 1 atom stereocenters. The number of ether oxygens (including phenoxy) is 1. The predicted molar refractivity (Wildman–Crippen MR) is 80.0 cm³/mol. The van der Waals surface area contributed by atoms with Crippen LogP contribution in [0.25, 0.3) is 0 Å². The zero-order valence-electron chi connectivity index (χ0n) is 12.3. The Bertz CT molecular complexity index is 545. The van der Waals surface area contributed by atoms with E-state index in [0.717, 1.165) is 11.3 Å². The Morgan fingerprint density at radius 1 is 1.29 bits per heavy atom. The standard InChI is InChI=1S/C16H20N2O3/c1-11(2)7-8-21-13-5-3-12(4-6-13)9-14-16(20)17-10-15(19)18-14/h3-7,14H,8-10H2,1-2H3,(H,17,20)(H,18,19). The Morgan fingerprint density at radius 3 is 2.67 bits per heavy atom. The van der Waals surface area contributed by atoms with Crippen molar-refractivity contribution < 1.29 is 14.3 Å². The molecule has 5 nitrogen and oxygen atoms in total. The number of nitrogens with one attached hydrogen (secondary N) is 2. The fourth-order valence-electron chi connectivity index (χ4n) is 2.01. The summed E-state index contributed by atoms with van der Waals surface area (Å²) in [5.74, 6) is 0.494. The van der Waals surface area contributed by atoms with Gasteiger partial charge < -0.3 is 15.4 Å². The summed E-state index contributed by atoms with van der Waals surface area (Å²) in [5, 5.41) is 5.26. The summed E-state index contributed by atoms with van der Waals surface area (Å²) in [4.78, 5) is 22.9. The number of carbonyl (C=O) groups is 2. The largest absolute Gasteiger partial charge is 0.490 e. The number of allylic oxidation sites excluding steroid dienone is 1. The van der Waals surface area contributed by atoms with Crippen LogP contribution >= 0.6 is 0 Å². The molecule has 1 heterocycles. The monoisotopic (exact) mass is 288 g/mol. The molecule has 5 heteroatoms. The summed E-state index contributed by atoms with van der Waals surface area (Å²) in [5.41, 5.74) is 2.19. The van der Waals surface area contributed by atoms with Gasteiger partial charge in [0.25, 0.3) is 0 Å². The number of benzene rings is 1. The van der Waals surface area contributed by atoms with Gasteiger partial charge in [-0.3, -0.25) is 9.59 Å². The van der Waals surface area contributed by atoms with Gasteiger partial charge in [0.2, 0.25) is 11.8 Å². The van der Waals surface area contributed by atoms with Crippen molar-refractivity contribution in [2.75, 3.05) is 13.2 Å². The maximum Gasteiger partial charge on any atom is 0.243 e. The van der Waals surface area contributed by atoms with Gasteiger partial charge in [0.1, 0.15) is 18.4 Å². The summed E-state index contributed by atoms with van der Waals surface area (Å²) < 4.78 is 5.57. The number of rotatable bonds is 5. The average Bonchev–Trinajstić information content (AvgIpc) is 2.44. The van der Waals surface area contributed by atoms with E-state index in [-0.39, 0.29) is 18.4 Å². The summed E-state index contributed by atoms with van der Waals surface area (Å²) in [6.07, 6.45) is 2.49. The summed E-state index contributed by atoms with van der Waals surface area (Å²) in [6, 6.07) is 7.06. The first kappa shape index (κ1) is 15.1. The smallest absolute Gasteiger partial charge is 0.243 e. The van der Waals surface area contributed by atoms with E-state index in [1.54, 1.807) is 0 Å². The van der Waals surface area contributed by atoms with E-state index in [4.69, 9.17) is 4.74 Å². The zero-order chi connectivity index (χ0) is 15.2. The summed E-state index contributed by atoms with van der Waals surface area (Å²) in [6.45, 7) is 4.65. The molecule has 1 saturated heterocycles. The van der Waals surface area contributed by atoms with E-state index >= 15 is 0 Å². The van der Waals surface area contributed by atoms with Crippen LogP contribution in [0, 0.1) is 0 Å². The van der Waals surface area contributed by atoms with Crippen molar-refractivity contribution in [3.8, 4) is 5.75 Å². The van der Waals surface area contributed by atoms with Gasteiger partial charge in [0.15, 0.2) is 0 Å². The minimum Gasteiger partial charge on any atom is -0.490 e. The molecule has 0 saturated carbocycles. The molecule has 1 aliphatic heterocycles. The summed E-state index contributed by atoms with van der Waals surface area (Å²) in [7, 11) is 0. The Hall–Kier alpha value is -2.30. The van der Waals surface area contributed by atoms with Crippen molar-refractivity contribution in [2.24, 2.45) is 0 Å². The second kappa shape index (κ2) is 6.92. The van der Waals surface area contributed by atoms with Crippen LogP contribution < -0.4 is 15.4 Å². The highest BCUT2D eigenvalue weighted by Crippen LogP contribution is 2.14. The second-order valence-electron chi connectivity index (χ2n) is 5.28. The minimum absolute atomic E-state index is 0.0620. The fraction of sp³-hybridized carbons (Fsp3) is 0.375. The normalized spacial score (nSPS) is 17.7. The van der Waals surface area contributed by atoms with Gasteiger partial charge in [-0.1, -0.05) is 17.7 Å². The molecule has 21 heavy (non-hydrogen) atoms. The molecular weight excluding hydrogens is 268 g/mol. The molecule has 2 N–H and O–H groups in total. The van der Waals surface area contributed by atoms with Crippen LogP contribution in [0.1, 0.15) is 19.4 Å². The van der Waals surface area contributed by atoms with Gasteiger partial charge in [0.05, 0.1) is 6.54 Å². The molecule has 0 radical (unpaired) electrons. The van der Waals surface area contributed by atoms with Gasteiger partial charge >= 0.3 is 0 Å². The molecule has 0 spiro atoms. The Balaban J connectivity index is 1.91. The van der Waals surface area contributed by atoms with Crippen LogP contribution in [0.3, 0.4) is 0 Å². The average molecular weight is 288 g/mol. The number of hydrogen-bond donors (Lipinski definition) is 2. The maximum absolute atomic E-state index is 11.7. The molecule has 2 rings (SSSR count). The molecule has 1 unspecified atom stereocenters. The lowest BCUT2D eigenvalue weighted by atomic mass is 10.0. The fourth-order valence-corrected chi connectivity index (χ4v) is 2.01. The first-order chi connectivity index (χ1) is 10.0. The van der Waals surface area contributed by atoms with E-state index in [1.165, 1.54) is 5.57 Å². The van der Waals surface area contributed by atoms with Crippen molar-refractivity contribution in [1.82, 2.24) is 10.6 Å². The lowest BCUT2D eigenvalue weighted by molar-refractivity contribution is -0.133. The number of hydrogen-bond acceptors (Lipinski definition) is 3. The van der Waals surface area contributed by atoms with Crippen molar-refractivity contribution >= 4 is 11.8 Å². The number of piperazine rings is 1. The van der Waals surface area contributed by atoms with Crippen LogP contribution in [-0.4, -0.2) is 31.0 Å². The Morgan fingerprint density at radius 2 is 2.00 bits per heavy atom. The van der Waals surface area contributed by atoms with Gasteiger partial charge in [-0.2, -0.15) is 0 Å². The molecule has 0 aliphatic carbocycles. The molecule has 1 fully saturated rings. The maximum atomic E-state index is 11.7. The molecule has 0 bridgehead atoms. The SMILES string of the molecule is CC(C)=CCOc1ccc(CC2NC(=O)CNC2=O)cc1. The first-order valence-corrected chi connectivity index (χ1v) is 6.97. The van der Waals surface area contributed by atoms with Gasteiger partial charge in [-0.15, -0.1) is 0 Å². The van der Waals surface area contributed by atoms with Crippen LogP contribution in [0.2, 0.25) is 0 Å². The van der Waals surface area contributed by atoms with E-state index in [2.05, 4.69) is 10.6 Å². The van der Waals surface area contributed by atoms with Crippen molar-refractivity contribution in [1.29, 1.82) is 0 Å². The van der Waals surface area contributed by atoms with Crippen LogP contribution in [0.5, 0.6) is 5.75 Å². The highest BCUT2D eigenvalue weighted by atomic mass is 16.5. The van der Waals surface area contributed by atoms with Crippen molar-refractivity contribution in [3.63, 3.8) is 0 Å². The molecule has 1 aromatic carbocycles. The first-order valence-electron chi connectivity index (χ1n) is 6.97. The molecule has 112 valence electrons.